The topological polar surface area (TPSA) is 75.5 Å². The Balaban J connectivity index is 1.38. The fourth-order valence-electron chi connectivity index (χ4n) is 4.30. The number of rotatable bonds is 5. The first-order valence-electron chi connectivity index (χ1n) is 10.3. The van der Waals surface area contributed by atoms with Gasteiger partial charge in [0, 0.05) is 38.4 Å². The zero-order valence-electron chi connectivity index (χ0n) is 16.7. The van der Waals surface area contributed by atoms with Crippen molar-refractivity contribution in [2.75, 3.05) is 49.1 Å². The van der Waals surface area contributed by atoms with Gasteiger partial charge in [-0.25, -0.2) is 22.2 Å². The van der Waals surface area contributed by atoms with E-state index in [1.54, 1.807) is 6.07 Å². The highest BCUT2D eigenvalue weighted by Gasteiger charge is 2.26. The van der Waals surface area contributed by atoms with Crippen LogP contribution in [0, 0.1) is 5.92 Å². The monoisotopic (exact) mass is 440 g/mol. The summed E-state index contributed by atoms with van der Waals surface area (Å²) in [6.45, 7) is 3.73. The molecule has 2 aliphatic rings. The van der Waals surface area contributed by atoms with Crippen LogP contribution in [0.25, 0.3) is 10.9 Å². The molecule has 2 aromatic rings. The summed E-state index contributed by atoms with van der Waals surface area (Å²) in [7, 11) is -2.82. The summed E-state index contributed by atoms with van der Waals surface area (Å²) < 4.78 is 49.3. The Bertz CT molecular complexity index is 1050. The summed E-state index contributed by atoms with van der Waals surface area (Å²) in [6, 6.07) is 5.35. The molecule has 0 spiro atoms. The van der Waals surface area contributed by atoms with Gasteiger partial charge in [0.05, 0.1) is 35.3 Å². The highest BCUT2D eigenvalue weighted by Crippen LogP contribution is 2.23. The van der Waals surface area contributed by atoms with Gasteiger partial charge in [-0.15, -0.1) is 0 Å². The van der Waals surface area contributed by atoms with E-state index in [0.29, 0.717) is 28.3 Å². The van der Waals surface area contributed by atoms with Gasteiger partial charge in [0.25, 0.3) is 12.0 Å². The van der Waals surface area contributed by atoms with E-state index in [1.165, 1.54) is 6.33 Å². The van der Waals surface area contributed by atoms with E-state index in [9.17, 15) is 22.0 Å². The lowest BCUT2D eigenvalue weighted by atomic mass is 10.0. The molecule has 4 rings (SSSR count). The molecule has 2 aliphatic heterocycles. The average molecular weight is 441 g/mol. The van der Waals surface area contributed by atoms with Gasteiger partial charge in [-0.05, 0) is 37.0 Å². The van der Waals surface area contributed by atoms with Crippen molar-refractivity contribution in [1.29, 1.82) is 0 Å². The van der Waals surface area contributed by atoms with Gasteiger partial charge < -0.3 is 4.90 Å². The van der Waals surface area contributed by atoms with Crippen molar-refractivity contribution < 1.29 is 17.2 Å². The third-order valence-electron chi connectivity index (χ3n) is 6.07. The Kier molecular flexibility index (Phi) is 6.06. The molecule has 7 nitrogen and oxygen atoms in total. The summed E-state index contributed by atoms with van der Waals surface area (Å²) in [4.78, 5) is 21.2. The van der Waals surface area contributed by atoms with Crippen molar-refractivity contribution in [3.05, 3.63) is 34.9 Å². The van der Waals surface area contributed by atoms with Crippen molar-refractivity contribution in [3.63, 3.8) is 0 Å². The summed E-state index contributed by atoms with van der Waals surface area (Å²) in [5.41, 5.74) is 1.02. The Morgan fingerprint density at radius 2 is 1.80 bits per heavy atom. The van der Waals surface area contributed by atoms with E-state index in [2.05, 4.69) is 14.8 Å². The molecule has 0 aliphatic carbocycles. The van der Waals surface area contributed by atoms with Crippen molar-refractivity contribution in [1.82, 2.24) is 14.5 Å². The molecular formula is C20H26F2N4O3S. The lowest BCUT2D eigenvalue weighted by Crippen LogP contribution is -2.48. The lowest BCUT2D eigenvalue weighted by molar-refractivity contribution is 0.125. The third-order valence-corrected chi connectivity index (χ3v) is 7.79. The van der Waals surface area contributed by atoms with Crippen LogP contribution in [0.2, 0.25) is 0 Å². The number of sulfone groups is 1. The second-order valence-electron chi connectivity index (χ2n) is 8.18. The highest BCUT2D eigenvalue weighted by atomic mass is 32.2. The van der Waals surface area contributed by atoms with Gasteiger partial charge in [-0.3, -0.25) is 14.3 Å². The van der Waals surface area contributed by atoms with Gasteiger partial charge in [-0.2, -0.15) is 0 Å². The smallest absolute Gasteiger partial charge is 0.261 e. The van der Waals surface area contributed by atoms with Crippen LogP contribution < -0.4 is 10.5 Å². The molecule has 164 valence electrons. The molecule has 0 radical (unpaired) electrons. The number of alkyl halides is 2. The number of nitrogens with zero attached hydrogens (tertiary/aromatic N) is 4. The number of piperazine rings is 1. The quantitative estimate of drug-likeness (QED) is 0.703. The number of anilines is 1. The van der Waals surface area contributed by atoms with E-state index in [0.717, 1.165) is 55.8 Å². The first-order chi connectivity index (χ1) is 14.3. The number of hydrogen-bond acceptors (Lipinski definition) is 6. The third kappa shape index (κ3) is 4.80. The van der Waals surface area contributed by atoms with E-state index in [4.69, 9.17) is 0 Å². The molecule has 3 heterocycles. The molecule has 30 heavy (non-hydrogen) atoms. The van der Waals surface area contributed by atoms with Crippen LogP contribution >= 0.6 is 0 Å². The molecule has 0 amide bonds. The summed E-state index contributed by atoms with van der Waals surface area (Å²) in [6.07, 6.45) is 0.0860. The Hall–Kier alpha value is -2.07. The summed E-state index contributed by atoms with van der Waals surface area (Å²) >= 11 is 0. The zero-order valence-corrected chi connectivity index (χ0v) is 17.5. The summed E-state index contributed by atoms with van der Waals surface area (Å²) in [5.74, 6) is 1.06. The minimum absolute atomic E-state index is 0.306. The molecule has 2 saturated heterocycles. The molecule has 0 bridgehead atoms. The van der Waals surface area contributed by atoms with Crippen LogP contribution in [0.3, 0.4) is 0 Å². The SMILES string of the molecule is O=c1c2ccc(N3CCN(CC4CCS(=O)(=O)CC4)CC3)cc2ncn1CC(F)F. The van der Waals surface area contributed by atoms with E-state index in [-0.39, 0.29) is 0 Å². The molecule has 1 aromatic carbocycles. The average Bonchev–Trinajstić information content (AvgIpc) is 2.72. The van der Waals surface area contributed by atoms with Crippen LogP contribution in [-0.2, 0) is 16.4 Å². The maximum Gasteiger partial charge on any atom is 0.261 e. The normalized spacial score (nSPS) is 20.8. The molecule has 10 heteroatoms. The van der Waals surface area contributed by atoms with Crippen molar-refractivity contribution in [2.24, 2.45) is 5.92 Å². The van der Waals surface area contributed by atoms with E-state index >= 15 is 0 Å². The van der Waals surface area contributed by atoms with Crippen LogP contribution in [0.5, 0.6) is 0 Å². The number of benzene rings is 1. The second kappa shape index (κ2) is 8.58. The maximum absolute atomic E-state index is 12.6. The fraction of sp³-hybridized carbons (Fsp3) is 0.600. The van der Waals surface area contributed by atoms with Crippen LogP contribution in [0.1, 0.15) is 12.8 Å². The molecule has 2 fully saturated rings. The number of fused-ring (bicyclic) bond motifs is 1. The Labute approximate surface area is 174 Å². The zero-order chi connectivity index (χ0) is 21.3. The second-order valence-corrected chi connectivity index (χ2v) is 10.5. The van der Waals surface area contributed by atoms with Crippen molar-refractivity contribution in [2.45, 2.75) is 25.8 Å². The molecule has 0 saturated carbocycles. The molecule has 0 unspecified atom stereocenters. The summed E-state index contributed by atoms with van der Waals surface area (Å²) in [5, 5.41) is 0.341. The van der Waals surface area contributed by atoms with E-state index in [1.807, 2.05) is 12.1 Å². The minimum atomic E-state index is -2.82. The fourth-order valence-corrected chi connectivity index (χ4v) is 5.89. The van der Waals surface area contributed by atoms with Gasteiger partial charge in [0.2, 0.25) is 0 Å². The first kappa shape index (κ1) is 21.2. The minimum Gasteiger partial charge on any atom is -0.369 e. The number of hydrogen-bond donors (Lipinski definition) is 0. The number of halogens is 2. The van der Waals surface area contributed by atoms with Crippen LogP contribution in [0.15, 0.2) is 29.3 Å². The Morgan fingerprint density at radius 3 is 2.47 bits per heavy atom. The van der Waals surface area contributed by atoms with Gasteiger partial charge in [0.15, 0.2) is 0 Å². The molecule has 0 N–H and O–H groups in total. The standard InChI is InChI=1S/C20H26F2N4O3S/c21-19(22)13-26-14-23-18-11-16(1-2-17(18)20(26)27)25-7-5-24(6-8-25)12-15-3-9-30(28,29)10-4-15/h1-2,11,14-15,19H,3-10,12-13H2. The van der Waals surface area contributed by atoms with Crippen LogP contribution in [0.4, 0.5) is 14.5 Å². The van der Waals surface area contributed by atoms with Gasteiger partial charge in [-0.1, -0.05) is 0 Å². The van der Waals surface area contributed by atoms with Gasteiger partial charge in [0.1, 0.15) is 9.84 Å². The predicted molar refractivity (Wildman–Crippen MR) is 112 cm³/mol. The number of aromatic nitrogens is 2. The Morgan fingerprint density at radius 1 is 1.10 bits per heavy atom. The van der Waals surface area contributed by atoms with Crippen LogP contribution in [-0.4, -0.2) is 73.5 Å². The van der Waals surface area contributed by atoms with Gasteiger partial charge >= 0.3 is 0 Å². The molecule has 1 aromatic heterocycles. The van der Waals surface area contributed by atoms with Crippen molar-refractivity contribution in [3.8, 4) is 0 Å². The lowest BCUT2D eigenvalue weighted by Gasteiger charge is -2.38. The molecule has 0 atom stereocenters. The molecular weight excluding hydrogens is 414 g/mol. The maximum atomic E-state index is 12.6. The largest absolute Gasteiger partial charge is 0.369 e. The van der Waals surface area contributed by atoms with E-state index < -0.39 is 28.4 Å². The predicted octanol–water partition coefficient (Wildman–Crippen LogP) is 1.61. The van der Waals surface area contributed by atoms with Crippen molar-refractivity contribution >= 4 is 26.4 Å². The highest BCUT2D eigenvalue weighted by molar-refractivity contribution is 7.91. The first-order valence-corrected chi connectivity index (χ1v) is 12.1.